The highest BCUT2D eigenvalue weighted by atomic mass is 32.2. The topological polar surface area (TPSA) is 0 Å². The van der Waals surface area contributed by atoms with Crippen molar-refractivity contribution in [3.63, 3.8) is 0 Å². The third-order valence-corrected chi connectivity index (χ3v) is 3.20. The minimum atomic E-state index is 0.704. The second-order valence-corrected chi connectivity index (χ2v) is 5.40. The monoisotopic (exact) mass is 206 g/mol. The molecule has 76 valence electrons. The maximum Gasteiger partial charge on any atom is 0.0187 e. The molecule has 1 heteroatoms. The first-order chi connectivity index (χ1) is 6.59. The summed E-state index contributed by atoms with van der Waals surface area (Å²) in [6, 6.07) is 8.69. The first kappa shape index (κ1) is 11.4. The van der Waals surface area contributed by atoms with Crippen LogP contribution in [0.15, 0.2) is 30.8 Å². The fourth-order valence-corrected chi connectivity index (χ4v) is 1.87. The van der Waals surface area contributed by atoms with E-state index >= 15 is 0 Å². The van der Waals surface area contributed by atoms with Gasteiger partial charge in [-0.05, 0) is 23.3 Å². The minimum absolute atomic E-state index is 0.704. The summed E-state index contributed by atoms with van der Waals surface area (Å²) in [5.41, 5.74) is 3.77. The van der Waals surface area contributed by atoms with E-state index in [1.807, 2.05) is 18.7 Å². The number of hydrogen-bond donors (Lipinski definition) is 0. The Morgan fingerprint density at radius 3 is 2.29 bits per heavy atom. The molecule has 14 heavy (non-hydrogen) atoms. The van der Waals surface area contributed by atoms with E-state index in [2.05, 4.69) is 44.7 Å². The van der Waals surface area contributed by atoms with E-state index in [9.17, 15) is 0 Å². The summed E-state index contributed by atoms with van der Waals surface area (Å²) in [6.07, 6.45) is 0. The molecule has 1 aromatic rings. The first-order valence-electron chi connectivity index (χ1n) is 4.96. The lowest BCUT2D eigenvalue weighted by Crippen LogP contribution is -1.89. The molecular formula is C13H18S. The molecular weight excluding hydrogens is 188 g/mol. The van der Waals surface area contributed by atoms with E-state index in [0.29, 0.717) is 5.25 Å². The maximum atomic E-state index is 3.92. The van der Waals surface area contributed by atoms with Crippen LogP contribution in [0.3, 0.4) is 0 Å². The van der Waals surface area contributed by atoms with Gasteiger partial charge in [-0.3, -0.25) is 0 Å². The van der Waals surface area contributed by atoms with Crippen LogP contribution in [-0.4, -0.2) is 5.25 Å². The van der Waals surface area contributed by atoms with E-state index in [4.69, 9.17) is 0 Å². The van der Waals surface area contributed by atoms with Gasteiger partial charge in [0.15, 0.2) is 0 Å². The molecule has 0 atom stereocenters. The molecule has 0 aromatic heterocycles. The fourth-order valence-electron chi connectivity index (χ4n) is 1.15. The predicted octanol–water partition coefficient (Wildman–Crippen LogP) is 4.36. The van der Waals surface area contributed by atoms with E-state index < -0.39 is 0 Å². The molecule has 0 heterocycles. The number of benzene rings is 1. The molecule has 0 saturated carbocycles. The van der Waals surface area contributed by atoms with Gasteiger partial charge in [0.25, 0.3) is 0 Å². The van der Waals surface area contributed by atoms with Crippen molar-refractivity contribution in [2.45, 2.75) is 31.8 Å². The van der Waals surface area contributed by atoms with E-state index in [1.165, 1.54) is 11.1 Å². The molecule has 0 aliphatic rings. The van der Waals surface area contributed by atoms with Crippen LogP contribution in [0.1, 0.15) is 31.9 Å². The van der Waals surface area contributed by atoms with Gasteiger partial charge in [-0.15, -0.1) is 0 Å². The van der Waals surface area contributed by atoms with Gasteiger partial charge in [0.05, 0.1) is 0 Å². The van der Waals surface area contributed by atoms with Gasteiger partial charge in [0.1, 0.15) is 0 Å². The number of rotatable bonds is 4. The second-order valence-electron chi connectivity index (χ2n) is 3.84. The molecule has 0 fully saturated rings. The molecule has 0 amide bonds. The smallest absolute Gasteiger partial charge is 0.0187 e. The summed E-state index contributed by atoms with van der Waals surface area (Å²) in [4.78, 5) is 0. The average Bonchev–Trinajstić information content (AvgIpc) is 2.15. The average molecular weight is 206 g/mol. The second kappa shape index (κ2) is 5.26. The summed E-state index contributed by atoms with van der Waals surface area (Å²) in [7, 11) is 0. The largest absolute Gasteiger partial charge is 0.154 e. The van der Waals surface area contributed by atoms with Crippen LogP contribution in [0, 0.1) is 0 Å². The van der Waals surface area contributed by atoms with Gasteiger partial charge in [-0.1, -0.05) is 50.3 Å². The normalized spacial score (nSPS) is 10.6. The lowest BCUT2D eigenvalue weighted by Gasteiger charge is -2.05. The lowest BCUT2D eigenvalue weighted by molar-refractivity contribution is 1.11. The molecule has 0 saturated heterocycles. The molecule has 0 bridgehead atoms. The van der Waals surface area contributed by atoms with Crippen LogP contribution < -0.4 is 0 Å². The SMILES string of the molecule is C=C(C)c1ccc(CSC(C)C)cc1. The van der Waals surface area contributed by atoms with Crippen molar-refractivity contribution in [1.82, 2.24) is 0 Å². The van der Waals surface area contributed by atoms with Gasteiger partial charge in [-0.25, -0.2) is 0 Å². The Hall–Kier alpha value is -0.690. The molecule has 1 rings (SSSR count). The fraction of sp³-hybridized carbons (Fsp3) is 0.385. The van der Waals surface area contributed by atoms with Gasteiger partial charge in [-0.2, -0.15) is 11.8 Å². The van der Waals surface area contributed by atoms with Crippen molar-refractivity contribution >= 4 is 17.3 Å². The predicted molar refractivity (Wildman–Crippen MR) is 67.6 cm³/mol. The highest BCUT2D eigenvalue weighted by Crippen LogP contribution is 2.19. The summed E-state index contributed by atoms with van der Waals surface area (Å²) in [5, 5.41) is 0.704. The van der Waals surface area contributed by atoms with Crippen LogP contribution in [0.2, 0.25) is 0 Å². The third kappa shape index (κ3) is 3.59. The minimum Gasteiger partial charge on any atom is -0.154 e. The Kier molecular flexibility index (Phi) is 4.27. The van der Waals surface area contributed by atoms with Crippen LogP contribution in [0.4, 0.5) is 0 Å². The zero-order valence-corrected chi connectivity index (χ0v) is 10.0. The lowest BCUT2D eigenvalue weighted by atomic mass is 10.1. The number of hydrogen-bond acceptors (Lipinski definition) is 1. The maximum absolute atomic E-state index is 3.92. The Bertz CT molecular complexity index is 296. The van der Waals surface area contributed by atoms with Crippen molar-refractivity contribution in [2.75, 3.05) is 0 Å². The quantitative estimate of drug-likeness (QED) is 0.705. The molecule has 1 aromatic carbocycles. The molecule has 0 aliphatic heterocycles. The Morgan fingerprint density at radius 2 is 1.86 bits per heavy atom. The van der Waals surface area contributed by atoms with E-state index in [0.717, 1.165) is 11.3 Å². The van der Waals surface area contributed by atoms with Crippen LogP contribution in [0.5, 0.6) is 0 Å². The number of allylic oxidation sites excluding steroid dienone is 1. The molecule has 0 unspecified atom stereocenters. The number of thioether (sulfide) groups is 1. The first-order valence-corrected chi connectivity index (χ1v) is 6.01. The standard InChI is InChI=1S/C13H18S/c1-10(2)13-7-5-12(6-8-13)9-14-11(3)4/h5-8,11H,1,9H2,2-4H3. The van der Waals surface area contributed by atoms with Crippen molar-refractivity contribution < 1.29 is 0 Å². The van der Waals surface area contributed by atoms with Crippen LogP contribution in [0.25, 0.3) is 5.57 Å². The van der Waals surface area contributed by atoms with Gasteiger partial charge >= 0.3 is 0 Å². The van der Waals surface area contributed by atoms with Crippen molar-refractivity contribution in [2.24, 2.45) is 0 Å². The molecule has 0 nitrogen and oxygen atoms in total. The Labute approximate surface area is 91.4 Å². The highest BCUT2D eigenvalue weighted by molar-refractivity contribution is 7.99. The third-order valence-electron chi connectivity index (χ3n) is 2.03. The van der Waals surface area contributed by atoms with E-state index in [-0.39, 0.29) is 0 Å². The zero-order valence-electron chi connectivity index (χ0n) is 9.21. The Balaban J connectivity index is 2.60. The van der Waals surface area contributed by atoms with Crippen LogP contribution >= 0.6 is 11.8 Å². The molecule has 0 N–H and O–H groups in total. The van der Waals surface area contributed by atoms with Crippen molar-refractivity contribution in [3.8, 4) is 0 Å². The van der Waals surface area contributed by atoms with Crippen molar-refractivity contribution in [3.05, 3.63) is 42.0 Å². The van der Waals surface area contributed by atoms with Gasteiger partial charge < -0.3 is 0 Å². The van der Waals surface area contributed by atoms with Crippen molar-refractivity contribution in [1.29, 1.82) is 0 Å². The van der Waals surface area contributed by atoms with Gasteiger partial charge in [0.2, 0.25) is 0 Å². The molecule has 0 spiro atoms. The summed E-state index contributed by atoms with van der Waals surface area (Å²) < 4.78 is 0. The zero-order chi connectivity index (χ0) is 10.6. The van der Waals surface area contributed by atoms with E-state index in [1.54, 1.807) is 0 Å². The molecule has 0 aliphatic carbocycles. The Morgan fingerprint density at radius 1 is 1.29 bits per heavy atom. The molecule has 0 radical (unpaired) electrons. The summed E-state index contributed by atoms with van der Waals surface area (Å²) in [6.45, 7) is 10.4. The van der Waals surface area contributed by atoms with Gasteiger partial charge in [0, 0.05) is 5.75 Å². The summed E-state index contributed by atoms with van der Waals surface area (Å²) in [5.74, 6) is 1.11. The summed E-state index contributed by atoms with van der Waals surface area (Å²) >= 11 is 1.98. The highest BCUT2D eigenvalue weighted by Gasteiger charge is 1.97. The van der Waals surface area contributed by atoms with Crippen LogP contribution in [-0.2, 0) is 5.75 Å².